The molecule has 1 fully saturated rings. The maximum Gasteiger partial charge on any atom is 0.156 e. The Balaban J connectivity index is 2.14. The lowest BCUT2D eigenvalue weighted by atomic mass is 9.72. The number of halogens is 2. The van der Waals surface area contributed by atoms with Crippen LogP contribution in [0.4, 0.5) is 0 Å². The fourth-order valence-corrected chi connectivity index (χ4v) is 3.62. The highest BCUT2D eigenvalue weighted by molar-refractivity contribution is 9.10. The van der Waals surface area contributed by atoms with Crippen molar-refractivity contribution in [1.29, 1.82) is 0 Å². The number of nitrogens with zero attached hydrogens (tertiary/aromatic N) is 3. The largest absolute Gasteiger partial charge is 0.390 e. The van der Waals surface area contributed by atoms with Gasteiger partial charge in [0, 0.05) is 12.1 Å². The van der Waals surface area contributed by atoms with Gasteiger partial charge in [-0.05, 0) is 42.6 Å². The Labute approximate surface area is 118 Å². The van der Waals surface area contributed by atoms with Crippen LogP contribution in [0.15, 0.2) is 10.8 Å². The number of rotatable bonds is 1. The maximum absolute atomic E-state index is 9.85. The zero-order valence-electron chi connectivity index (χ0n) is 10.1. The first kappa shape index (κ1) is 12.4. The molecule has 6 heteroatoms. The molecule has 0 radical (unpaired) electrons. The van der Waals surface area contributed by atoms with Gasteiger partial charge in [0.1, 0.15) is 15.9 Å². The summed E-state index contributed by atoms with van der Waals surface area (Å²) in [5.41, 5.74) is 1.09. The lowest BCUT2D eigenvalue weighted by Crippen LogP contribution is -2.40. The molecular weight excluding hydrogens is 318 g/mol. The lowest BCUT2D eigenvalue weighted by Gasteiger charge is -2.40. The molecule has 0 aliphatic heterocycles. The molecule has 0 unspecified atom stereocenters. The van der Waals surface area contributed by atoms with E-state index in [2.05, 4.69) is 25.9 Å². The summed E-state index contributed by atoms with van der Waals surface area (Å²) in [6.45, 7) is 3.76. The number of aliphatic hydroxyl groups is 1. The summed E-state index contributed by atoms with van der Waals surface area (Å²) in [6, 6.07) is 0. The Morgan fingerprint density at radius 1 is 1.50 bits per heavy atom. The second-order valence-electron chi connectivity index (χ2n) is 5.25. The second kappa shape index (κ2) is 3.92. The first-order valence-electron chi connectivity index (χ1n) is 5.80. The summed E-state index contributed by atoms with van der Waals surface area (Å²) in [6.07, 6.45) is 3.40. The normalized spacial score (nSPS) is 27.5. The third-order valence-electron chi connectivity index (χ3n) is 3.42. The van der Waals surface area contributed by atoms with Crippen LogP contribution in [-0.4, -0.2) is 25.1 Å². The summed E-state index contributed by atoms with van der Waals surface area (Å²) >= 11 is 9.58. The molecule has 0 atom stereocenters. The first-order chi connectivity index (χ1) is 8.37. The first-order valence-corrected chi connectivity index (χ1v) is 6.97. The molecule has 0 amide bonds. The van der Waals surface area contributed by atoms with Crippen LogP contribution in [0.5, 0.6) is 0 Å². The predicted octanol–water partition coefficient (Wildman–Crippen LogP) is 3.08. The minimum Gasteiger partial charge on any atom is -0.390 e. The molecule has 96 valence electrons. The Hall–Kier alpha value is -0.650. The van der Waals surface area contributed by atoms with Gasteiger partial charge in [-0.1, -0.05) is 11.6 Å². The van der Waals surface area contributed by atoms with Gasteiger partial charge in [0.15, 0.2) is 5.15 Å². The van der Waals surface area contributed by atoms with Crippen molar-refractivity contribution in [3.05, 3.63) is 27.5 Å². The van der Waals surface area contributed by atoms with Crippen LogP contribution in [-0.2, 0) is 0 Å². The third kappa shape index (κ3) is 1.85. The fraction of sp³-hybridized carbons (Fsp3) is 0.500. The van der Waals surface area contributed by atoms with Gasteiger partial charge in [-0.3, -0.25) is 4.40 Å². The van der Waals surface area contributed by atoms with E-state index in [4.69, 9.17) is 11.6 Å². The van der Waals surface area contributed by atoms with Crippen LogP contribution in [0.2, 0.25) is 5.15 Å². The highest BCUT2D eigenvalue weighted by atomic mass is 79.9. The molecular formula is C12H13BrClN3O. The maximum atomic E-state index is 9.85. The van der Waals surface area contributed by atoms with Crippen molar-refractivity contribution in [3.63, 3.8) is 0 Å². The van der Waals surface area contributed by atoms with Crippen molar-refractivity contribution in [2.75, 3.05) is 0 Å². The van der Waals surface area contributed by atoms with Crippen LogP contribution in [0.25, 0.3) is 5.52 Å². The molecule has 3 rings (SSSR count). The van der Waals surface area contributed by atoms with E-state index in [1.54, 1.807) is 0 Å². The Morgan fingerprint density at radius 3 is 2.78 bits per heavy atom. The van der Waals surface area contributed by atoms with E-state index in [-0.39, 0.29) is 5.92 Å². The summed E-state index contributed by atoms with van der Waals surface area (Å²) in [4.78, 5) is 8.76. The average molecular weight is 331 g/mol. The molecule has 0 bridgehead atoms. The number of hydrogen-bond donors (Lipinski definition) is 1. The van der Waals surface area contributed by atoms with Crippen LogP contribution < -0.4 is 0 Å². The molecule has 0 saturated heterocycles. The van der Waals surface area contributed by atoms with Gasteiger partial charge in [0.2, 0.25) is 0 Å². The zero-order chi connectivity index (χ0) is 13.1. The number of aromatic nitrogens is 3. The molecule has 4 nitrogen and oxygen atoms in total. The minimum atomic E-state index is -0.561. The van der Waals surface area contributed by atoms with Crippen LogP contribution in [0, 0.1) is 6.92 Å². The van der Waals surface area contributed by atoms with E-state index < -0.39 is 5.60 Å². The topological polar surface area (TPSA) is 50.4 Å². The molecule has 18 heavy (non-hydrogen) atoms. The summed E-state index contributed by atoms with van der Waals surface area (Å²) < 4.78 is 2.69. The van der Waals surface area contributed by atoms with Crippen LogP contribution in [0.3, 0.4) is 0 Å². The van der Waals surface area contributed by atoms with E-state index in [9.17, 15) is 5.11 Å². The molecule has 0 spiro atoms. The highest BCUT2D eigenvalue weighted by Crippen LogP contribution is 2.45. The zero-order valence-corrected chi connectivity index (χ0v) is 12.5. The van der Waals surface area contributed by atoms with E-state index in [1.807, 2.05) is 24.4 Å². The Morgan fingerprint density at radius 2 is 2.17 bits per heavy atom. The van der Waals surface area contributed by atoms with Crippen molar-refractivity contribution in [2.24, 2.45) is 0 Å². The van der Waals surface area contributed by atoms with Crippen molar-refractivity contribution < 1.29 is 5.11 Å². The van der Waals surface area contributed by atoms with E-state index in [0.717, 1.165) is 29.9 Å². The van der Waals surface area contributed by atoms with Crippen molar-refractivity contribution in [2.45, 2.75) is 38.2 Å². The fourth-order valence-electron chi connectivity index (χ4n) is 2.63. The quantitative estimate of drug-likeness (QED) is 0.874. The highest BCUT2D eigenvalue weighted by Gasteiger charge is 2.41. The number of imidazole rings is 1. The number of fused-ring (bicyclic) bond motifs is 1. The molecule has 1 saturated carbocycles. The summed E-state index contributed by atoms with van der Waals surface area (Å²) in [5, 5.41) is 10.3. The van der Waals surface area contributed by atoms with E-state index in [1.165, 1.54) is 0 Å². The van der Waals surface area contributed by atoms with Crippen molar-refractivity contribution >= 4 is 33.0 Å². The lowest BCUT2D eigenvalue weighted by molar-refractivity contribution is -0.0335. The average Bonchev–Trinajstić information content (AvgIpc) is 2.51. The third-order valence-corrected chi connectivity index (χ3v) is 4.24. The van der Waals surface area contributed by atoms with Gasteiger partial charge in [-0.15, -0.1) is 0 Å². The summed E-state index contributed by atoms with van der Waals surface area (Å²) in [7, 11) is 0. The predicted molar refractivity (Wildman–Crippen MR) is 73.0 cm³/mol. The van der Waals surface area contributed by atoms with Gasteiger partial charge in [0.25, 0.3) is 0 Å². The Kier molecular flexibility index (Phi) is 2.70. The molecule has 2 heterocycles. The molecule has 1 aliphatic rings. The van der Waals surface area contributed by atoms with Gasteiger partial charge in [0.05, 0.1) is 11.3 Å². The number of aryl methyl sites for hydroxylation is 1. The van der Waals surface area contributed by atoms with Crippen molar-refractivity contribution in [3.8, 4) is 0 Å². The van der Waals surface area contributed by atoms with Gasteiger partial charge >= 0.3 is 0 Å². The van der Waals surface area contributed by atoms with E-state index >= 15 is 0 Å². The monoisotopic (exact) mass is 329 g/mol. The van der Waals surface area contributed by atoms with Gasteiger partial charge < -0.3 is 5.11 Å². The van der Waals surface area contributed by atoms with Crippen molar-refractivity contribution in [1.82, 2.24) is 14.4 Å². The Bertz CT molecular complexity index is 630. The van der Waals surface area contributed by atoms with E-state index in [0.29, 0.717) is 9.76 Å². The number of hydrogen-bond acceptors (Lipinski definition) is 3. The molecule has 1 N–H and O–H groups in total. The standard InChI is InChI=1S/C12H13BrClN3O/c1-6-5-17-8(10(14)15-6)9(13)16-11(17)7-3-12(2,18)4-7/h5,7,18H,3-4H2,1-2H3. The van der Waals surface area contributed by atoms with Crippen LogP contribution >= 0.6 is 27.5 Å². The molecule has 2 aromatic heterocycles. The minimum absolute atomic E-state index is 0.275. The molecule has 2 aromatic rings. The smallest absolute Gasteiger partial charge is 0.156 e. The van der Waals surface area contributed by atoms with Crippen LogP contribution in [0.1, 0.15) is 37.2 Å². The molecule has 1 aliphatic carbocycles. The second-order valence-corrected chi connectivity index (χ2v) is 6.36. The molecule has 0 aromatic carbocycles. The van der Waals surface area contributed by atoms with Gasteiger partial charge in [-0.2, -0.15) is 0 Å². The van der Waals surface area contributed by atoms with Gasteiger partial charge in [-0.25, -0.2) is 9.97 Å². The SMILES string of the molecule is Cc1cn2c(C3CC(C)(O)C3)nc(Br)c2c(Cl)n1. The summed E-state index contributed by atoms with van der Waals surface area (Å²) in [5.74, 6) is 1.22.